The van der Waals surface area contributed by atoms with Gasteiger partial charge in [-0.05, 0) is 18.2 Å². The maximum atomic E-state index is 9.89. The second kappa shape index (κ2) is 5.57. The Morgan fingerprint density at radius 3 is 2.68 bits per heavy atom. The summed E-state index contributed by atoms with van der Waals surface area (Å²) in [5, 5.41) is 21.7. The van der Waals surface area contributed by atoms with E-state index in [-0.39, 0.29) is 5.75 Å². The van der Waals surface area contributed by atoms with E-state index in [1.807, 2.05) is 12.1 Å². The van der Waals surface area contributed by atoms with Gasteiger partial charge in [0.2, 0.25) is 0 Å². The molecule has 0 unspecified atom stereocenters. The van der Waals surface area contributed by atoms with Crippen LogP contribution in [-0.4, -0.2) is 25.2 Å². The lowest BCUT2D eigenvalue weighted by atomic mass is 10.1. The molecule has 0 aliphatic heterocycles. The fourth-order valence-electron chi connectivity index (χ4n) is 2.00. The predicted molar refractivity (Wildman–Crippen MR) is 84.9 cm³/mol. The lowest BCUT2D eigenvalue weighted by Gasteiger charge is -2.05. The quantitative estimate of drug-likeness (QED) is 0.630. The van der Waals surface area contributed by atoms with Crippen molar-refractivity contribution in [2.45, 2.75) is 0 Å². The SMILES string of the molecule is Nc1nnc(-c2ccccc2O)cc1/C=C/c1cnn(N)c1. The molecular weight excluding hydrogens is 280 g/mol. The van der Waals surface area contributed by atoms with Crippen LogP contribution in [-0.2, 0) is 0 Å². The number of nitrogens with two attached hydrogens (primary N) is 2. The molecule has 0 saturated heterocycles. The Bertz CT molecular complexity index is 840. The Hall–Kier alpha value is -3.35. The molecule has 0 spiro atoms. The van der Waals surface area contributed by atoms with E-state index in [2.05, 4.69) is 15.3 Å². The third-order valence-corrected chi connectivity index (χ3v) is 3.11. The largest absolute Gasteiger partial charge is 0.507 e. The van der Waals surface area contributed by atoms with Gasteiger partial charge in [0, 0.05) is 16.7 Å². The van der Waals surface area contributed by atoms with Crippen molar-refractivity contribution < 1.29 is 5.11 Å². The van der Waals surface area contributed by atoms with Crippen LogP contribution in [0, 0.1) is 0 Å². The Kier molecular flexibility index (Phi) is 3.45. The van der Waals surface area contributed by atoms with Gasteiger partial charge in [0.15, 0.2) is 5.82 Å². The average molecular weight is 294 g/mol. The molecule has 2 aromatic heterocycles. The van der Waals surface area contributed by atoms with Crippen molar-refractivity contribution in [2.24, 2.45) is 0 Å². The van der Waals surface area contributed by atoms with Crippen LogP contribution in [0.25, 0.3) is 23.4 Å². The Balaban J connectivity index is 1.97. The van der Waals surface area contributed by atoms with Gasteiger partial charge >= 0.3 is 0 Å². The lowest BCUT2D eigenvalue weighted by molar-refractivity contribution is 0.477. The number of rotatable bonds is 3. The first-order chi connectivity index (χ1) is 10.6. The number of hydrogen-bond acceptors (Lipinski definition) is 6. The van der Waals surface area contributed by atoms with Gasteiger partial charge in [-0.1, -0.05) is 24.3 Å². The highest BCUT2D eigenvalue weighted by Gasteiger charge is 2.08. The van der Waals surface area contributed by atoms with E-state index in [0.717, 1.165) is 5.56 Å². The van der Waals surface area contributed by atoms with Gasteiger partial charge in [0.05, 0.1) is 18.1 Å². The molecule has 0 atom stereocenters. The summed E-state index contributed by atoms with van der Waals surface area (Å²) in [6.07, 6.45) is 6.92. The molecule has 2 heterocycles. The number of benzene rings is 1. The highest BCUT2D eigenvalue weighted by atomic mass is 16.3. The summed E-state index contributed by atoms with van der Waals surface area (Å²) in [6.45, 7) is 0. The van der Waals surface area contributed by atoms with Gasteiger partial charge in [0.25, 0.3) is 0 Å². The van der Waals surface area contributed by atoms with Crippen LogP contribution >= 0.6 is 0 Å². The van der Waals surface area contributed by atoms with E-state index in [1.54, 1.807) is 42.7 Å². The van der Waals surface area contributed by atoms with Crippen molar-refractivity contribution in [3.63, 3.8) is 0 Å². The standard InChI is InChI=1S/C15H14N6O/c16-15-11(6-5-10-8-18-21(17)9-10)7-13(19-20-15)12-3-1-2-4-14(12)22/h1-9,22H,17H2,(H2,16,20)/b6-5+. The van der Waals surface area contributed by atoms with Crippen LogP contribution in [0.1, 0.15) is 11.1 Å². The zero-order chi connectivity index (χ0) is 15.5. The molecule has 0 saturated carbocycles. The van der Waals surface area contributed by atoms with Crippen LogP contribution in [0.3, 0.4) is 0 Å². The molecule has 7 nitrogen and oxygen atoms in total. The molecule has 0 radical (unpaired) electrons. The van der Waals surface area contributed by atoms with Crippen molar-refractivity contribution in [1.82, 2.24) is 20.1 Å². The number of hydrogen-bond donors (Lipinski definition) is 3. The smallest absolute Gasteiger partial charge is 0.153 e. The Morgan fingerprint density at radius 2 is 1.95 bits per heavy atom. The monoisotopic (exact) mass is 294 g/mol. The summed E-state index contributed by atoms with van der Waals surface area (Å²) in [7, 11) is 0. The molecule has 0 aliphatic carbocycles. The van der Waals surface area contributed by atoms with E-state index in [0.29, 0.717) is 22.6 Å². The summed E-state index contributed by atoms with van der Waals surface area (Å²) in [5.41, 5.74) is 8.51. The topological polar surface area (TPSA) is 116 Å². The van der Waals surface area contributed by atoms with E-state index in [9.17, 15) is 5.11 Å². The van der Waals surface area contributed by atoms with E-state index in [1.165, 1.54) is 4.79 Å². The number of para-hydroxylation sites is 1. The summed E-state index contributed by atoms with van der Waals surface area (Å²) < 4.78 is 0. The molecule has 7 heteroatoms. The van der Waals surface area contributed by atoms with E-state index in [4.69, 9.17) is 11.6 Å². The molecule has 22 heavy (non-hydrogen) atoms. The first kappa shape index (κ1) is 13.6. The van der Waals surface area contributed by atoms with Gasteiger partial charge in [-0.15, -0.1) is 10.2 Å². The molecule has 110 valence electrons. The number of anilines is 1. The third kappa shape index (κ3) is 2.73. The number of aromatic hydroxyl groups is 1. The summed E-state index contributed by atoms with van der Waals surface area (Å²) in [4.78, 5) is 1.22. The molecule has 1 aromatic carbocycles. The maximum Gasteiger partial charge on any atom is 0.153 e. The summed E-state index contributed by atoms with van der Waals surface area (Å²) in [6, 6.07) is 8.69. The minimum absolute atomic E-state index is 0.140. The molecule has 3 aromatic rings. The third-order valence-electron chi connectivity index (χ3n) is 3.11. The van der Waals surface area contributed by atoms with Gasteiger partial charge in [-0.3, -0.25) is 0 Å². The van der Waals surface area contributed by atoms with Crippen molar-refractivity contribution >= 4 is 18.0 Å². The van der Waals surface area contributed by atoms with Crippen LogP contribution in [0.15, 0.2) is 42.7 Å². The molecule has 0 aliphatic rings. The van der Waals surface area contributed by atoms with Crippen LogP contribution in [0.5, 0.6) is 5.75 Å². The summed E-state index contributed by atoms with van der Waals surface area (Å²) >= 11 is 0. The Morgan fingerprint density at radius 1 is 1.14 bits per heavy atom. The molecule has 0 amide bonds. The number of nitrogen functional groups attached to an aromatic ring is 2. The zero-order valence-corrected chi connectivity index (χ0v) is 11.6. The lowest BCUT2D eigenvalue weighted by Crippen LogP contribution is -2.06. The van der Waals surface area contributed by atoms with Gasteiger partial charge < -0.3 is 16.7 Å². The first-order valence-corrected chi connectivity index (χ1v) is 6.53. The maximum absolute atomic E-state index is 9.89. The molecule has 0 bridgehead atoms. The van der Waals surface area contributed by atoms with E-state index < -0.39 is 0 Å². The van der Waals surface area contributed by atoms with Gasteiger partial charge in [-0.2, -0.15) is 9.89 Å². The van der Waals surface area contributed by atoms with Gasteiger partial charge in [-0.25, -0.2) is 0 Å². The second-order valence-corrected chi connectivity index (χ2v) is 4.67. The number of phenols is 1. The fourth-order valence-corrected chi connectivity index (χ4v) is 2.00. The molecule has 3 rings (SSSR count). The number of aromatic nitrogens is 4. The number of phenolic OH excluding ortho intramolecular Hbond substituents is 1. The second-order valence-electron chi connectivity index (χ2n) is 4.67. The van der Waals surface area contributed by atoms with E-state index >= 15 is 0 Å². The van der Waals surface area contributed by atoms with Crippen LogP contribution in [0.4, 0.5) is 5.82 Å². The zero-order valence-electron chi connectivity index (χ0n) is 11.6. The number of nitrogens with zero attached hydrogens (tertiary/aromatic N) is 4. The van der Waals surface area contributed by atoms with Crippen molar-refractivity contribution in [1.29, 1.82) is 0 Å². The fraction of sp³-hybridized carbons (Fsp3) is 0. The molecular formula is C15H14N6O. The Labute approximate surface area is 126 Å². The highest BCUT2D eigenvalue weighted by molar-refractivity contribution is 5.77. The summed E-state index contributed by atoms with van der Waals surface area (Å²) in [5.74, 6) is 5.93. The first-order valence-electron chi connectivity index (χ1n) is 6.53. The highest BCUT2D eigenvalue weighted by Crippen LogP contribution is 2.28. The normalized spacial score (nSPS) is 11.1. The minimum atomic E-state index is 0.140. The van der Waals surface area contributed by atoms with Crippen molar-refractivity contribution in [3.05, 3.63) is 53.9 Å². The van der Waals surface area contributed by atoms with Crippen molar-refractivity contribution in [3.8, 4) is 17.0 Å². The van der Waals surface area contributed by atoms with Crippen LogP contribution < -0.4 is 11.6 Å². The van der Waals surface area contributed by atoms with Crippen LogP contribution in [0.2, 0.25) is 0 Å². The molecule has 5 N–H and O–H groups in total. The average Bonchev–Trinajstić information content (AvgIpc) is 2.93. The predicted octanol–water partition coefficient (Wildman–Crippen LogP) is 1.51. The minimum Gasteiger partial charge on any atom is -0.507 e. The molecule has 0 fully saturated rings. The van der Waals surface area contributed by atoms with Crippen molar-refractivity contribution in [2.75, 3.05) is 11.6 Å². The van der Waals surface area contributed by atoms with Gasteiger partial charge in [0.1, 0.15) is 5.75 Å².